The smallest absolute Gasteiger partial charge is 0.411 e. The standard InChI is InChI=1S/C13H17Br2NO3/c1-2-3-4-5-6-19-13(18)16-9-7-10(14)12(17)11(15)8-9/h7-8,17H,2-6H2,1H3,(H,16,18). The Hall–Kier alpha value is -0.750. The van der Waals surface area contributed by atoms with Crippen LogP contribution < -0.4 is 5.32 Å². The van der Waals surface area contributed by atoms with Crippen LogP contribution in [-0.4, -0.2) is 17.8 Å². The molecule has 1 amide bonds. The lowest BCUT2D eigenvalue weighted by Gasteiger charge is -2.09. The van der Waals surface area contributed by atoms with Gasteiger partial charge in [0.2, 0.25) is 0 Å². The Morgan fingerprint density at radius 1 is 1.26 bits per heavy atom. The van der Waals surface area contributed by atoms with Crippen LogP contribution in [0.2, 0.25) is 0 Å². The number of carbonyl (C=O) groups is 1. The quantitative estimate of drug-likeness (QED) is 0.524. The molecule has 0 unspecified atom stereocenters. The molecule has 0 aliphatic carbocycles. The zero-order valence-electron chi connectivity index (χ0n) is 10.7. The topological polar surface area (TPSA) is 58.6 Å². The lowest BCUT2D eigenvalue weighted by Crippen LogP contribution is -2.14. The number of rotatable bonds is 6. The first-order valence-electron chi connectivity index (χ1n) is 6.16. The number of hydrogen-bond acceptors (Lipinski definition) is 3. The summed E-state index contributed by atoms with van der Waals surface area (Å²) in [6.45, 7) is 2.56. The number of phenolic OH excluding ortho intramolecular Hbond substituents is 1. The van der Waals surface area contributed by atoms with E-state index in [1.807, 2.05) is 0 Å². The van der Waals surface area contributed by atoms with Gasteiger partial charge in [-0.05, 0) is 50.4 Å². The maximum absolute atomic E-state index is 11.5. The van der Waals surface area contributed by atoms with Gasteiger partial charge in [0, 0.05) is 5.69 Å². The Morgan fingerprint density at radius 3 is 2.47 bits per heavy atom. The summed E-state index contributed by atoms with van der Waals surface area (Å²) in [5.74, 6) is 0.0958. The molecule has 0 atom stereocenters. The summed E-state index contributed by atoms with van der Waals surface area (Å²) in [7, 11) is 0. The van der Waals surface area contributed by atoms with E-state index in [4.69, 9.17) is 4.74 Å². The van der Waals surface area contributed by atoms with Crippen LogP contribution in [0.1, 0.15) is 32.6 Å². The van der Waals surface area contributed by atoms with Crippen LogP contribution in [0.4, 0.5) is 10.5 Å². The average molecular weight is 395 g/mol. The molecule has 0 spiro atoms. The fourth-order valence-corrected chi connectivity index (χ4v) is 2.67. The Bertz CT molecular complexity index is 415. The van der Waals surface area contributed by atoms with Gasteiger partial charge in [-0.3, -0.25) is 5.32 Å². The van der Waals surface area contributed by atoms with Crippen molar-refractivity contribution in [1.29, 1.82) is 0 Å². The largest absolute Gasteiger partial charge is 0.506 e. The molecule has 0 saturated heterocycles. The van der Waals surface area contributed by atoms with Gasteiger partial charge >= 0.3 is 6.09 Å². The first-order valence-corrected chi connectivity index (χ1v) is 7.75. The normalized spacial score (nSPS) is 10.3. The van der Waals surface area contributed by atoms with Crippen molar-refractivity contribution in [2.24, 2.45) is 0 Å². The Kier molecular flexibility index (Phi) is 7.23. The molecule has 0 bridgehead atoms. The van der Waals surface area contributed by atoms with Gasteiger partial charge < -0.3 is 9.84 Å². The van der Waals surface area contributed by atoms with Crippen LogP contribution in [0.25, 0.3) is 0 Å². The van der Waals surface area contributed by atoms with Crippen molar-refractivity contribution >= 4 is 43.6 Å². The molecular weight excluding hydrogens is 378 g/mol. The van der Waals surface area contributed by atoms with Crippen molar-refractivity contribution in [3.63, 3.8) is 0 Å². The molecule has 1 rings (SSSR count). The van der Waals surface area contributed by atoms with Gasteiger partial charge in [-0.25, -0.2) is 4.79 Å². The van der Waals surface area contributed by atoms with Gasteiger partial charge in [0.15, 0.2) is 0 Å². The number of anilines is 1. The predicted molar refractivity (Wildman–Crippen MR) is 82.6 cm³/mol. The van der Waals surface area contributed by atoms with Gasteiger partial charge in [0.05, 0.1) is 15.6 Å². The molecule has 0 aromatic heterocycles. The Labute approximate surface area is 129 Å². The molecule has 2 N–H and O–H groups in total. The first-order chi connectivity index (χ1) is 9.04. The molecule has 0 aliphatic heterocycles. The molecule has 0 heterocycles. The molecule has 0 fully saturated rings. The van der Waals surface area contributed by atoms with Crippen molar-refractivity contribution in [2.75, 3.05) is 11.9 Å². The van der Waals surface area contributed by atoms with Crippen molar-refractivity contribution in [3.05, 3.63) is 21.1 Å². The highest BCUT2D eigenvalue weighted by Gasteiger charge is 2.08. The number of hydrogen-bond donors (Lipinski definition) is 2. The van der Waals surface area contributed by atoms with Gasteiger partial charge in [0.1, 0.15) is 5.75 Å². The number of phenols is 1. The van der Waals surface area contributed by atoms with Crippen molar-refractivity contribution < 1.29 is 14.6 Å². The van der Waals surface area contributed by atoms with E-state index in [0.29, 0.717) is 21.2 Å². The molecular formula is C13H17Br2NO3. The molecule has 0 saturated carbocycles. The van der Waals surface area contributed by atoms with Crippen LogP contribution in [-0.2, 0) is 4.74 Å². The highest BCUT2D eigenvalue weighted by molar-refractivity contribution is 9.11. The van der Waals surface area contributed by atoms with Crippen LogP contribution in [0, 0.1) is 0 Å². The maximum Gasteiger partial charge on any atom is 0.411 e. The maximum atomic E-state index is 11.5. The highest BCUT2D eigenvalue weighted by Crippen LogP contribution is 2.35. The third-order valence-electron chi connectivity index (χ3n) is 2.49. The number of halogens is 2. The van der Waals surface area contributed by atoms with E-state index in [9.17, 15) is 9.90 Å². The number of carbonyl (C=O) groups excluding carboxylic acids is 1. The fourth-order valence-electron chi connectivity index (χ4n) is 1.49. The van der Waals surface area contributed by atoms with E-state index in [1.165, 1.54) is 0 Å². The monoisotopic (exact) mass is 393 g/mol. The second kappa shape index (κ2) is 8.43. The zero-order valence-corrected chi connectivity index (χ0v) is 13.9. The van der Waals surface area contributed by atoms with Gasteiger partial charge in [-0.2, -0.15) is 0 Å². The molecule has 0 radical (unpaired) electrons. The summed E-state index contributed by atoms with van der Waals surface area (Å²) in [6, 6.07) is 3.22. The predicted octanol–water partition coefficient (Wildman–Crippen LogP) is 5.05. The second-order valence-corrected chi connectivity index (χ2v) is 5.82. The molecule has 19 heavy (non-hydrogen) atoms. The minimum Gasteiger partial charge on any atom is -0.506 e. The molecule has 106 valence electrons. The summed E-state index contributed by atoms with van der Waals surface area (Å²) in [4.78, 5) is 11.5. The van der Waals surface area contributed by atoms with E-state index in [0.717, 1.165) is 25.7 Å². The minimum absolute atomic E-state index is 0.0958. The number of benzene rings is 1. The molecule has 1 aromatic carbocycles. The van der Waals surface area contributed by atoms with Crippen molar-refractivity contribution in [2.45, 2.75) is 32.6 Å². The number of amides is 1. The summed E-state index contributed by atoms with van der Waals surface area (Å²) in [5, 5.41) is 12.2. The molecule has 0 aliphatic rings. The number of ether oxygens (including phenoxy) is 1. The highest BCUT2D eigenvalue weighted by atomic mass is 79.9. The number of unbranched alkanes of at least 4 members (excludes halogenated alkanes) is 3. The van der Waals surface area contributed by atoms with E-state index in [2.05, 4.69) is 44.1 Å². The van der Waals surface area contributed by atoms with E-state index in [1.54, 1.807) is 12.1 Å². The van der Waals surface area contributed by atoms with Gasteiger partial charge in [-0.1, -0.05) is 26.2 Å². The molecule has 6 heteroatoms. The average Bonchev–Trinajstić information content (AvgIpc) is 2.35. The molecule has 1 aromatic rings. The SMILES string of the molecule is CCCCCCOC(=O)Nc1cc(Br)c(O)c(Br)c1. The second-order valence-electron chi connectivity index (χ2n) is 4.11. The third kappa shape index (κ3) is 5.82. The van der Waals surface area contributed by atoms with E-state index >= 15 is 0 Å². The summed E-state index contributed by atoms with van der Waals surface area (Å²) in [6.07, 6.45) is 3.77. The lowest BCUT2D eigenvalue weighted by molar-refractivity contribution is 0.159. The van der Waals surface area contributed by atoms with Crippen LogP contribution >= 0.6 is 31.9 Å². The van der Waals surface area contributed by atoms with E-state index in [-0.39, 0.29) is 5.75 Å². The zero-order chi connectivity index (χ0) is 14.3. The van der Waals surface area contributed by atoms with E-state index < -0.39 is 6.09 Å². The summed E-state index contributed by atoms with van der Waals surface area (Å²) < 4.78 is 6.06. The van der Waals surface area contributed by atoms with Crippen LogP contribution in [0.3, 0.4) is 0 Å². The fraction of sp³-hybridized carbons (Fsp3) is 0.462. The van der Waals surface area contributed by atoms with Crippen LogP contribution in [0.15, 0.2) is 21.1 Å². The first kappa shape index (κ1) is 16.3. The number of nitrogens with one attached hydrogen (secondary N) is 1. The molecule has 4 nitrogen and oxygen atoms in total. The number of aromatic hydroxyl groups is 1. The van der Waals surface area contributed by atoms with Gasteiger partial charge in [0.25, 0.3) is 0 Å². The minimum atomic E-state index is -0.485. The lowest BCUT2D eigenvalue weighted by atomic mass is 10.2. The Morgan fingerprint density at radius 2 is 1.89 bits per heavy atom. The Balaban J connectivity index is 2.40. The summed E-state index contributed by atoms with van der Waals surface area (Å²) in [5.41, 5.74) is 0.551. The van der Waals surface area contributed by atoms with Crippen molar-refractivity contribution in [1.82, 2.24) is 0 Å². The third-order valence-corrected chi connectivity index (χ3v) is 3.70. The summed E-state index contributed by atoms with van der Waals surface area (Å²) >= 11 is 6.39. The van der Waals surface area contributed by atoms with Gasteiger partial charge in [-0.15, -0.1) is 0 Å². The van der Waals surface area contributed by atoms with Crippen molar-refractivity contribution in [3.8, 4) is 5.75 Å². The van der Waals surface area contributed by atoms with Crippen LogP contribution in [0.5, 0.6) is 5.75 Å².